The summed E-state index contributed by atoms with van der Waals surface area (Å²) in [4.78, 5) is 0. The monoisotopic (exact) mass is 296 g/mol. The third kappa shape index (κ3) is 2.63. The maximum Gasteiger partial charge on any atom is 0.0505 e. The van der Waals surface area contributed by atoms with Crippen LogP contribution in [0.5, 0.6) is 0 Å². The van der Waals surface area contributed by atoms with Crippen molar-refractivity contribution in [3.8, 4) is 0 Å². The van der Waals surface area contributed by atoms with Crippen molar-refractivity contribution in [1.29, 1.82) is 0 Å². The van der Waals surface area contributed by atoms with Gasteiger partial charge in [-0.25, -0.2) is 0 Å². The molecule has 0 saturated heterocycles. The Hall–Kier alpha value is -0.430. The van der Waals surface area contributed by atoms with Gasteiger partial charge in [0, 0.05) is 13.9 Å². The van der Waals surface area contributed by atoms with E-state index in [9.17, 15) is 0 Å². The first-order valence-corrected chi connectivity index (χ1v) is 6.57. The topological polar surface area (TPSA) is 9.23 Å². The van der Waals surface area contributed by atoms with Gasteiger partial charge >= 0.3 is 0 Å². The number of aryl methyl sites for hydroxylation is 1. The Morgan fingerprint density at radius 2 is 1.94 bits per heavy atom. The molecule has 1 atom stereocenters. The van der Waals surface area contributed by atoms with Gasteiger partial charge in [0.1, 0.15) is 0 Å². The minimum atomic E-state index is 0.782. The Labute approximate surface area is 107 Å². The molecule has 1 unspecified atom stereocenters. The Morgan fingerprint density at radius 3 is 2.75 bits per heavy atom. The quantitative estimate of drug-likeness (QED) is 0.602. The van der Waals surface area contributed by atoms with Gasteiger partial charge in [0.25, 0.3) is 0 Å². The molecule has 0 N–H and O–H groups in total. The molecule has 3 heteroatoms. The smallest absolute Gasteiger partial charge is 0.0505 e. The van der Waals surface area contributed by atoms with E-state index in [0.717, 1.165) is 19.4 Å². The van der Waals surface area contributed by atoms with Crippen molar-refractivity contribution in [2.24, 2.45) is 0 Å². The van der Waals surface area contributed by atoms with Crippen molar-refractivity contribution in [3.63, 3.8) is 0 Å². The van der Waals surface area contributed by atoms with Crippen LogP contribution in [-0.4, -0.2) is 6.61 Å². The molecule has 2 aromatic rings. The fourth-order valence-corrected chi connectivity index (χ4v) is 2.68. The number of hydrogen-bond donors (Lipinski definition) is 0. The Morgan fingerprint density at radius 1 is 1.12 bits per heavy atom. The number of hydrogen-bond acceptors (Lipinski definition) is 1. The summed E-state index contributed by atoms with van der Waals surface area (Å²) < 4.78 is 6.21. The van der Waals surface area contributed by atoms with Crippen LogP contribution in [0.15, 0.2) is 40.9 Å². The van der Waals surface area contributed by atoms with Crippen LogP contribution in [0.2, 0.25) is 0 Å². The van der Waals surface area contributed by atoms with Crippen LogP contribution in [0.4, 0.5) is 0 Å². The van der Waals surface area contributed by atoms with Gasteiger partial charge in [-0.3, -0.25) is 0 Å². The van der Waals surface area contributed by atoms with E-state index in [0.29, 0.717) is 0 Å². The Balaban J connectivity index is 2.29. The molecule has 0 spiro atoms. The molecule has 0 bridgehead atoms. The van der Waals surface area contributed by atoms with Crippen LogP contribution in [0.25, 0.3) is 10.8 Å². The van der Waals surface area contributed by atoms with Crippen LogP contribution in [0.3, 0.4) is 0 Å². The van der Waals surface area contributed by atoms with Gasteiger partial charge < -0.3 is 4.52 Å². The van der Waals surface area contributed by atoms with Gasteiger partial charge in [0.15, 0.2) is 0 Å². The van der Waals surface area contributed by atoms with E-state index in [-0.39, 0.29) is 0 Å². The first-order chi connectivity index (χ1) is 7.83. The summed E-state index contributed by atoms with van der Waals surface area (Å²) >= 11 is 3.69. The molecule has 0 aromatic heterocycles. The lowest BCUT2D eigenvalue weighted by molar-refractivity contribution is 0.363. The fourth-order valence-electron chi connectivity index (χ4n) is 1.82. The van der Waals surface area contributed by atoms with E-state index in [1.807, 2.05) is 0 Å². The summed E-state index contributed by atoms with van der Waals surface area (Å²) in [5, 5.41) is 2.56. The zero-order valence-corrected chi connectivity index (χ0v) is 11.7. The van der Waals surface area contributed by atoms with Gasteiger partial charge in [-0.1, -0.05) is 36.4 Å². The summed E-state index contributed by atoms with van der Waals surface area (Å²) in [6.07, 6.45) is 2.08. The van der Waals surface area contributed by atoms with Crippen molar-refractivity contribution in [2.45, 2.75) is 12.8 Å². The SMILES string of the molecule is POCCCc1ccc2ccccc2c1Br. The Bertz CT molecular complexity index is 484. The molecule has 2 rings (SSSR count). The first-order valence-electron chi connectivity index (χ1n) is 5.30. The van der Waals surface area contributed by atoms with E-state index >= 15 is 0 Å². The predicted molar refractivity (Wildman–Crippen MR) is 75.6 cm³/mol. The molecule has 0 amide bonds. The normalized spacial score (nSPS) is 10.9. The second-order valence-corrected chi connectivity index (χ2v) is 4.86. The molecule has 0 heterocycles. The second-order valence-electron chi connectivity index (χ2n) is 3.73. The van der Waals surface area contributed by atoms with Crippen molar-refractivity contribution >= 4 is 36.2 Å². The lowest BCUT2D eigenvalue weighted by Gasteiger charge is -2.07. The fraction of sp³-hybridized carbons (Fsp3) is 0.231. The number of fused-ring (bicyclic) bond motifs is 1. The molecule has 0 aliphatic carbocycles. The molecule has 0 fully saturated rings. The van der Waals surface area contributed by atoms with E-state index in [1.165, 1.54) is 20.8 Å². The number of halogens is 1. The highest BCUT2D eigenvalue weighted by Gasteiger charge is 2.04. The molecular formula is C13H14BrOP. The minimum absolute atomic E-state index is 0.782. The summed E-state index contributed by atoms with van der Waals surface area (Å²) in [5.74, 6) is 0. The summed E-state index contributed by atoms with van der Waals surface area (Å²) in [7, 11) is 2.29. The summed E-state index contributed by atoms with van der Waals surface area (Å²) in [6, 6.07) is 12.8. The molecule has 0 aliphatic heterocycles. The van der Waals surface area contributed by atoms with Crippen LogP contribution >= 0.6 is 25.4 Å². The maximum atomic E-state index is 4.99. The number of benzene rings is 2. The summed E-state index contributed by atoms with van der Waals surface area (Å²) in [5.41, 5.74) is 1.35. The Kier molecular flexibility index (Phi) is 4.34. The first kappa shape index (κ1) is 12.0. The average Bonchev–Trinajstić information content (AvgIpc) is 2.33. The third-order valence-electron chi connectivity index (χ3n) is 2.65. The maximum absolute atomic E-state index is 4.99. The van der Waals surface area contributed by atoms with E-state index in [1.54, 1.807) is 0 Å². The van der Waals surface area contributed by atoms with E-state index in [2.05, 4.69) is 61.8 Å². The van der Waals surface area contributed by atoms with Crippen molar-refractivity contribution in [3.05, 3.63) is 46.4 Å². The lowest BCUT2D eigenvalue weighted by atomic mass is 10.0. The highest BCUT2D eigenvalue weighted by molar-refractivity contribution is 9.10. The van der Waals surface area contributed by atoms with Crippen LogP contribution in [0.1, 0.15) is 12.0 Å². The molecule has 0 aliphatic rings. The average molecular weight is 297 g/mol. The van der Waals surface area contributed by atoms with Gasteiger partial charge in [0.2, 0.25) is 0 Å². The van der Waals surface area contributed by atoms with Gasteiger partial charge in [-0.15, -0.1) is 0 Å². The van der Waals surface area contributed by atoms with Crippen molar-refractivity contribution < 1.29 is 4.52 Å². The summed E-state index contributed by atoms with van der Waals surface area (Å²) in [6.45, 7) is 0.782. The van der Waals surface area contributed by atoms with Crippen LogP contribution in [0, 0.1) is 0 Å². The minimum Gasteiger partial charge on any atom is -0.366 e. The van der Waals surface area contributed by atoms with E-state index < -0.39 is 0 Å². The van der Waals surface area contributed by atoms with E-state index in [4.69, 9.17) is 4.52 Å². The van der Waals surface area contributed by atoms with Crippen molar-refractivity contribution in [1.82, 2.24) is 0 Å². The van der Waals surface area contributed by atoms with Gasteiger partial charge in [-0.05, 0) is 45.1 Å². The molecule has 16 heavy (non-hydrogen) atoms. The zero-order valence-electron chi connectivity index (χ0n) is 8.95. The second kappa shape index (κ2) is 5.77. The lowest BCUT2D eigenvalue weighted by Crippen LogP contribution is -1.92. The predicted octanol–water partition coefficient (Wildman–Crippen LogP) is 4.34. The molecular weight excluding hydrogens is 283 g/mol. The van der Waals surface area contributed by atoms with Crippen LogP contribution in [-0.2, 0) is 10.9 Å². The van der Waals surface area contributed by atoms with Crippen molar-refractivity contribution in [2.75, 3.05) is 6.61 Å². The molecule has 2 aromatic carbocycles. The molecule has 0 saturated carbocycles. The van der Waals surface area contributed by atoms with Crippen LogP contribution < -0.4 is 0 Å². The molecule has 0 radical (unpaired) electrons. The van der Waals surface area contributed by atoms with Gasteiger partial charge in [0.05, 0.1) is 6.61 Å². The zero-order chi connectivity index (χ0) is 11.4. The highest BCUT2D eigenvalue weighted by atomic mass is 79.9. The highest BCUT2D eigenvalue weighted by Crippen LogP contribution is 2.28. The molecule has 1 nitrogen and oxygen atoms in total. The standard InChI is InChI=1S/C13H14BrOP/c14-13-11(5-3-9-15-16)8-7-10-4-1-2-6-12(10)13/h1-2,4,6-8H,3,5,9,16H2. The molecule has 84 valence electrons. The third-order valence-corrected chi connectivity index (χ3v) is 3.82. The number of rotatable bonds is 4. The largest absolute Gasteiger partial charge is 0.366 e. The van der Waals surface area contributed by atoms with Gasteiger partial charge in [-0.2, -0.15) is 0 Å².